The van der Waals surface area contributed by atoms with E-state index in [1.165, 1.54) is 25.9 Å². The van der Waals surface area contributed by atoms with Gasteiger partial charge in [0.1, 0.15) is 12.4 Å². The molecule has 0 amide bonds. The summed E-state index contributed by atoms with van der Waals surface area (Å²) in [6.07, 6.45) is 5.92. The minimum absolute atomic E-state index is 0.620. The van der Waals surface area contributed by atoms with Crippen LogP contribution in [0.25, 0.3) is 0 Å². The molecule has 1 aromatic heterocycles. The van der Waals surface area contributed by atoms with Gasteiger partial charge in [-0.25, -0.2) is 0 Å². The molecule has 2 heterocycles. The van der Waals surface area contributed by atoms with Gasteiger partial charge in [-0.15, -0.1) is 0 Å². The number of rotatable bonds is 4. The zero-order valence-electron chi connectivity index (χ0n) is 10.2. The van der Waals surface area contributed by atoms with Crippen molar-refractivity contribution in [3.05, 3.63) is 23.5 Å². The Hall–Kier alpha value is -0.800. The summed E-state index contributed by atoms with van der Waals surface area (Å²) in [5.74, 6) is 1.63. The molecule has 0 saturated carbocycles. The molecule has 0 aliphatic carbocycles. The quantitative estimate of drug-likeness (QED) is 0.826. The second-order valence-corrected chi connectivity index (χ2v) is 5.15. The lowest BCUT2D eigenvalue weighted by Crippen LogP contribution is -2.35. The van der Waals surface area contributed by atoms with Gasteiger partial charge in [-0.05, 0) is 31.8 Å². The van der Waals surface area contributed by atoms with E-state index in [0.717, 1.165) is 18.2 Å². The first kappa shape index (κ1) is 12.7. The maximum Gasteiger partial charge on any atom is 0.139 e. The van der Waals surface area contributed by atoms with Crippen LogP contribution >= 0.6 is 11.6 Å². The third-order valence-corrected chi connectivity index (χ3v) is 3.44. The fourth-order valence-electron chi connectivity index (χ4n) is 2.05. The summed E-state index contributed by atoms with van der Waals surface area (Å²) >= 11 is 5.84. The number of ether oxygens (including phenoxy) is 1. The average Bonchev–Trinajstić information content (AvgIpc) is 2.32. The normalized spacial score (nSPS) is 18.2. The Morgan fingerprint density at radius 3 is 2.88 bits per heavy atom. The summed E-state index contributed by atoms with van der Waals surface area (Å²) in [7, 11) is 0. The van der Waals surface area contributed by atoms with E-state index in [9.17, 15) is 0 Å². The predicted molar refractivity (Wildman–Crippen MR) is 69.6 cm³/mol. The largest absolute Gasteiger partial charge is 0.491 e. The lowest BCUT2D eigenvalue weighted by molar-refractivity contribution is 0.160. The molecule has 0 aromatic carbocycles. The molecule has 1 aromatic rings. The van der Waals surface area contributed by atoms with Gasteiger partial charge < -0.3 is 4.74 Å². The predicted octanol–water partition coefficient (Wildman–Crippen LogP) is 2.85. The summed E-state index contributed by atoms with van der Waals surface area (Å²) in [4.78, 5) is 6.45. The molecule has 0 radical (unpaired) electrons. The summed E-state index contributed by atoms with van der Waals surface area (Å²) in [6.45, 7) is 6.40. The minimum Gasteiger partial charge on any atom is -0.491 e. The van der Waals surface area contributed by atoms with Gasteiger partial charge in [-0.2, -0.15) is 0 Å². The molecule has 0 bridgehead atoms. The maximum atomic E-state index is 5.84. The highest BCUT2D eigenvalue weighted by Crippen LogP contribution is 2.17. The zero-order valence-corrected chi connectivity index (χ0v) is 11.0. The molecule has 4 heteroatoms. The first-order chi connectivity index (χ1) is 8.24. The lowest BCUT2D eigenvalue weighted by atomic mass is 9.99. The van der Waals surface area contributed by atoms with Crippen LogP contribution in [0, 0.1) is 5.92 Å². The van der Waals surface area contributed by atoms with Crippen LogP contribution in [0.3, 0.4) is 0 Å². The van der Waals surface area contributed by atoms with Crippen molar-refractivity contribution in [1.82, 2.24) is 9.88 Å². The Balaban J connectivity index is 1.69. The van der Waals surface area contributed by atoms with Crippen molar-refractivity contribution < 1.29 is 4.74 Å². The highest BCUT2D eigenvalue weighted by molar-refractivity contribution is 6.30. The molecule has 0 N–H and O–H groups in total. The molecule has 94 valence electrons. The fraction of sp³-hybridized carbons (Fsp3) is 0.615. The van der Waals surface area contributed by atoms with Gasteiger partial charge in [-0.1, -0.05) is 18.5 Å². The molecule has 2 rings (SSSR count). The molecule has 1 saturated heterocycles. The van der Waals surface area contributed by atoms with Crippen LogP contribution in [-0.4, -0.2) is 36.1 Å². The zero-order chi connectivity index (χ0) is 12.1. The van der Waals surface area contributed by atoms with E-state index in [2.05, 4.69) is 16.8 Å². The third kappa shape index (κ3) is 4.17. The molecule has 0 spiro atoms. The third-order valence-electron chi connectivity index (χ3n) is 3.23. The number of pyridine rings is 1. The van der Waals surface area contributed by atoms with Crippen molar-refractivity contribution in [3.8, 4) is 5.75 Å². The van der Waals surface area contributed by atoms with Gasteiger partial charge in [0.05, 0.1) is 11.2 Å². The number of aromatic nitrogens is 1. The summed E-state index contributed by atoms with van der Waals surface area (Å²) < 4.78 is 5.63. The van der Waals surface area contributed by atoms with E-state index in [1.807, 2.05) is 0 Å². The van der Waals surface area contributed by atoms with Crippen molar-refractivity contribution >= 4 is 11.6 Å². The molecule has 1 aliphatic rings. The topological polar surface area (TPSA) is 25.4 Å². The summed E-state index contributed by atoms with van der Waals surface area (Å²) in [5, 5.41) is 0.620. The van der Waals surface area contributed by atoms with E-state index in [0.29, 0.717) is 11.6 Å². The molecule has 1 fully saturated rings. The molecular weight excluding hydrogens is 236 g/mol. The van der Waals surface area contributed by atoms with E-state index < -0.39 is 0 Å². The number of piperidine rings is 1. The monoisotopic (exact) mass is 254 g/mol. The first-order valence-corrected chi connectivity index (χ1v) is 6.57. The van der Waals surface area contributed by atoms with Gasteiger partial charge in [-0.3, -0.25) is 9.88 Å². The van der Waals surface area contributed by atoms with Gasteiger partial charge in [0.25, 0.3) is 0 Å². The molecule has 0 unspecified atom stereocenters. The fourth-order valence-corrected chi connectivity index (χ4v) is 2.21. The van der Waals surface area contributed by atoms with Crippen LogP contribution in [-0.2, 0) is 0 Å². The Morgan fingerprint density at radius 1 is 1.41 bits per heavy atom. The Morgan fingerprint density at radius 2 is 2.18 bits per heavy atom. The maximum absolute atomic E-state index is 5.84. The number of halogens is 1. The van der Waals surface area contributed by atoms with Gasteiger partial charge >= 0.3 is 0 Å². The van der Waals surface area contributed by atoms with Crippen LogP contribution in [0.15, 0.2) is 18.5 Å². The van der Waals surface area contributed by atoms with Gasteiger partial charge in [0.2, 0.25) is 0 Å². The van der Waals surface area contributed by atoms with Crippen molar-refractivity contribution in [2.75, 3.05) is 26.2 Å². The van der Waals surface area contributed by atoms with Crippen molar-refractivity contribution in [2.45, 2.75) is 19.8 Å². The SMILES string of the molecule is CC1CCN(CCOc2cncc(Cl)c2)CC1. The molecule has 1 aliphatic heterocycles. The lowest BCUT2D eigenvalue weighted by Gasteiger charge is -2.29. The van der Waals surface area contributed by atoms with Crippen molar-refractivity contribution in [1.29, 1.82) is 0 Å². The van der Waals surface area contributed by atoms with Crippen LogP contribution in [0.5, 0.6) is 5.75 Å². The Labute approximate surface area is 108 Å². The molecular formula is C13H19ClN2O. The highest BCUT2D eigenvalue weighted by atomic mass is 35.5. The second kappa shape index (κ2) is 6.22. The number of hydrogen-bond acceptors (Lipinski definition) is 3. The summed E-state index contributed by atoms with van der Waals surface area (Å²) in [5.41, 5.74) is 0. The molecule has 3 nitrogen and oxygen atoms in total. The van der Waals surface area contributed by atoms with E-state index >= 15 is 0 Å². The molecule has 0 atom stereocenters. The standard InChI is InChI=1S/C13H19ClN2O/c1-11-2-4-16(5-3-11)6-7-17-13-8-12(14)9-15-10-13/h8-11H,2-7H2,1H3. The van der Waals surface area contributed by atoms with Gasteiger partial charge in [0, 0.05) is 18.8 Å². The van der Waals surface area contributed by atoms with E-state index in [4.69, 9.17) is 16.3 Å². The summed E-state index contributed by atoms with van der Waals surface area (Å²) in [6, 6.07) is 1.80. The van der Waals surface area contributed by atoms with Crippen LogP contribution in [0.2, 0.25) is 5.02 Å². The first-order valence-electron chi connectivity index (χ1n) is 6.20. The van der Waals surface area contributed by atoms with E-state index in [1.54, 1.807) is 18.5 Å². The van der Waals surface area contributed by atoms with Crippen molar-refractivity contribution in [3.63, 3.8) is 0 Å². The number of likely N-dealkylation sites (tertiary alicyclic amines) is 1. The smallest absolute Gasteiger partial charge is 0.139 e. The minimum atomic E-state index is 0.620. The number of nitrogens with zero attached hydrogens (tertiary/aromatic N) is 2. The van der Waals surface area contributed by atoms with Crippen LogP contribution in [0.1, 0.15) is 19.8 Å². The Bertz CT molecular complexity index is 351. The highest BCUT2D eigenvalue weighted by Gasteiger charge is 2.14. The van der Waals surface area contributed by atoms with Crippen LogP contribution in [0.4, 0.5) is 0 Å². The second-order valence-electron chi connectivity index (χ2n) is 4.71. The average molecular weight is 255 g/mol. The number of hydrogen-bond donors (Lipinski definition) is 0. The van der Waals surface area contributed by atoms with Gasteiger partial charge in [0.15, 0.2) is 0 Å². The molecule has 17 heavy (non-hydrogen) atoms. The van der Waals surface area contributed by atoms with Crippen molar-refractivity contribution in [2.24, 2.45) is 5.92 Å². The van der Waals surface area contributed by atoms with E-state index in [-0.39, 0.29) is 0 Å². The van der Waals surface area contributed by atoms with Crippen LogP contribution < -0.4 is 4.74 Å². The Kier molecular flexibility index (Phi) is 4.63.